The SMILES string of the molecule is C=C1CCN(C(C)C)CC/C=C/1C(C)C. The summed E-state index contributed by atoms with van der Waals surface area (Å²) in [7, 11) is 0. The zero-order chi connectivity index (χ0) is 11.4. The van der Waals surface area contributed by atoms with Gasteiger partial charge in [0, 0.05) is 19.1 Å². The first-order valence-electron chi connectivity index (χ1n) is 6.14. The highest BCUT2D eigenvalue weighted by Crippen LogP contribution is 2.24. The fourth-order valence-corrected chi connectivity index (χ4v) is 2.23. The van der Waals surface area contributed by atoms with Crippen molar-refractivity contribution in [3.63, 3.8) is 0 Å². The third kappa shape index (κ3) is 3.49. The van der Waals surface area contributed by atoms with Gasteiger partial charge in [-0.2, -0.15) is 0 Å². The van der Waals surface area contributed by atoms with Gasteiger partial charge in [-0.3, -0.25) is 0 Å². The smallest absolute Gasteiger partial charge is 0.00388 e. The molecule has 0 saturated heterocycles. The Morgan fingerprint density at radius 1 is 1.20 bits per heavy atom. The average molecular weight is 207 g/mol. The second-order valence-electron chi connectivity index (χ2n) is 5.09. The lowest BCUT2D eigenvalue weighted by molar-refractivity contribution is 0.226. The third-order valence-electron chi connectivity index (χ3n) is 3.24. The van der Waals surface area contributed by atoms with Crippen LogP contribution in [0.25, 0.3) is 0 Å². The Balaban J connectivity index is 2.69. The molecule has 0 bridgehead atoms. The van der Waals surface area contributed by atoms with Gasteiger partial charge in [-0.15, -0.1) is 0 Å². The first kappa shape index (κ1) is 12.5. The Hall–Kier alpha value is -0.560. The van der Waals surface area contributed by atoms with Crippen LogP contribution in [0.1, 0.15) is 40.5 Å². The van der Waals surface area contributed by atoms with Gasteiger partial charge in [0.2, 0.25) is 0 Å². The van der Waals surface area contributed by atoms with E-state index in [2.05, 4.69) is 45.2 Å². The zero-order valence-corrected chi connectivity index (χ0v) is 10.7. The van der Waals surface area contributed by atoms with E-state index in [1.165, 1.54) is 30.7 Å². The molecule has 0 unspecified atom stereocenters. The molecule has 1 rings (SSSR count). The fourth-order valence-electron chi connectivity index (χ4n) is 2.23. The highest BCUT2D eigenvalue weighted by atomic mass is 15.1. The van der Waals surface area contributed by atoms with Crippen LogP contribution in [0.15, 0.2) is 23.8 Å². The molecule has 0 fully saturated rings. The summed E-state index contributed by atoms with van der Waals surface area (Å²) in [6.07, 6.45) is 4.69. The number of hydrogen-bond acceptors (Lipinski definition) is 1. The number of allylic oxidation sites excluding steroid dienone is 1. The second-order valence-corrected chi connectivity index (χ2v) is 5.09. The lowest BCUT2D eigenvalue weighted by Crippen LogP contribution is -2.33. The summed E-state index contributed by atoms with van der Waals surface area (Å²) in [5, 5.41) is 0. The lowest BCUT2D eigenvalue weighted by atomic mass is 9.92. The molecule has 1 aliphatic heterocycles. The van der Waals surface area contributed by atoms with Crippen LogP contribution in [0.4, 0.5) is 0 Å². The molecule has 1 aliphatic rings. The molecule has 15 heavy (non-hydrogen) atoms. The van der Waals surface area contributed by atoms with E-state index in [0.717, 1.165) is 6.42 Å². The van der Waals surface area contributed by atoms with E-state index in [0.29, 0.717) is 12.0 Å². The number of nitrogens with zero attached hydrogens (tertiary/aromatic N) is 1. The van der Waals surface area contributed by atoms with Crippen molar-refractivity contribution in [1.29, 1.82) is 0 Å². The van der Waals surface area contributed by atoms with Crippen molar-refractivity contribution in [2.45, 2.75) is 46.6 Å². The van der Waals surface area contributed by atoms with Crippen molar-refractivity contribution in [2.24, 2.45) is 5.92 Å². The van der Waals surface area contributed by atoms with Crippen LogP contribution in [0.2, 0.25) is 0 Å². The minimum Gasteiger partial charge on any atom is -0.300 e. The van der Waals surface area contributed by atoms with Gasteiger partial charge < -0.3 is 4.90 Å². The Kier molecular flexibility index (Phi) is 4.59. The highest BCUT2D eigenvalue weighted by Gasteiger charge is 2.15. The molecule has 0 aliphatic carbocycles. The Morgan fingerprint density at radius 2 is 1.87 bits per heavy atom. The van der Waals surface area contributed by atoms with E-state index in [4.69, 9.17) is 0 Å². The van der Waals surface area contributed by atoms with E-state index >= 15 is 0 Å². The van der Waals surface area contributed by atoms with Crippen LogP contribution >= 0.6 is 0 Å². The maximum Gasteiger partial charge on any atom is 0.00388 e. The van der Waals surface area contributed by atoms with Crippen LogP contribution in [0.3, 0.4) is 0 Å². The maximum absolute atomic E-state index is 4.22. The van der Waals surface area contributed by atoms with Crippen LogP contribution < -0.4 is 0 Å². The van der Waals surface area contributed by atoms with Crippen LogP contribution in [0.5, 0.6) is 0 Å². The van der Waals surface area contributed by atoms with Crippen molar-refractivity contribution in [1.82, 2.24) is 4.90 Å². The van der Waals surface area contributed by atoms with Gasteiger partial charge in [0.15, 0.2) is 0 Å². The summed E-state index contributed by atoms with van der Waals surface area (Å²) in [4.78, 5) is 2.54. The normalized spacial score (nSPS) is 23.9. The lowest BCUT2D eigenvalue weighted by Gasteiger charge is -2.29. The summed E-state index contributed by atoms with van der Waals surface area (Å²) in [6.45, 7) is 15.7. The molecule has 0 saturated carbocycles. The molecule has 0 amide bonds. The molecule has 0 aromatic heterocycles. The molecule has 0 spiro atoms. The molecular weight excluding hydrogens is 182 g/mol. The number of rotatable bonds is 2. The summed E-state index contributed by atoms with van der Waals surface area (Å²) in [5.74, 6) is 0.628. The van der Waals surface area contributed by atoms with E-state index in [9.17, 15) is 0 Å². The predicted octanol–water partition coefficient (Wildman–Crippen LogP) is 3.63. The molecule has 1 heterocycles. The van der Waals surface area contributed by atoms with Crippen LogP contribution in [0, 0.1) is 5.92 Å². The van der Waals surface area contributed by atoms with Gasteiger partial charge in [-0.25, -0.2) is 0 Å². The average Bonchev–Trinajstić information content (AvgIpc) is 2.10. The Labute approximate surface area is 94.9 Å². The molecular formula is C14H25N. The van der Waals surface area contributed by atoms with Gasteiger partial charge in [-0.05, 0) is 38.2 Å². The highest BCUT2D eigenvalue weighted by molar-refractivity contribution is 5.30. The summed E-state index contributed by atoms with van der Waals surface area (Å²) < 4.78 is 0. The van der Waals surface area contributed by atoms with Crippen molar-refractivity contribution in [2.75, 3.05) is 13.1 Å². The first-order chi connectivity index (χ1) is 7.02. The van der Waals surface area contributed by atoms with Crippen LogP contribution in [-0.2, 0) is 0 Å². The van der Waals surface area contributed by atoms with Crippen LogP contribution in [-0.4, -0.2) is 24.0 Å². The third-order valence-corrected chi connectivity index (χ3v) is 3.24. The minimum atomic E-state index is 0.628. The first-order valence-corrected chi connectivity index (χ1v) is 6.14. The fraction of sp³-hybridized carbons (Fsp3) is 0.714. The number of hydrogen-bond donors (Lipinski definition) is 0. The summed E-state index contributed by atoms with van der Waals surface area (Å²) in [6, 6.07) is 0.659. The van der Waals surface area contributed by atoms with E-state index in [1.54, 1.807) is 0 Å². The van der Waals surface area contributed by atoms with Crippen molar-refractivity contribution < 1.29 is 0 Å². The molecule has 0 N–H and O–H groups in total. The van der Waals surface area contributed by atoms with Gasteiger partial charge >= 0.3 is 0 Å². The molecule has 0 radical (unpaired) electrons. The zero-order valence-electron chi connectivity index (χ0n) is 10.7. The molecule has 0 aromatic rings. The van der Waals surface area contributed by atoms with Crippen molar-refractivity contribution in [3.05, 3.63) is 23.8 Å². The molecule has 0 aromatic carbocycles. The standard InChI is InChI=1S/C14H25N/c1-11(2)14-7-6-9-15(12(3)4)10-8-13(14)5/h7,11-12H,5-6,8-10H2,1-4H3/b14-7+. The van der Waals surface area contributed by atoms with E-state index in [1.807, 2.05) is 0 Å². The minimum absolute atomic E-state index is 0.628. The van der Waals surface area contributed by atoms with Crippen molar-refractivity contribution >= 4 is 0 Å². The molecule has 86 valence electrons. The van der Waals surface area contributed by atoms with E-state index < -0.39 is 0 Å². The van der Waals surface area contributed by atoms with Gasteiger partial charge in [0.05, 0.1) is 0 Å². The van der Waals surface area contributed by atoms with E-state index in [-0.39, 0.29) is 0 Å². The van der Waals surface area contributed by atoms with Crippen molar-refractivity contribution in [3.8, 4) is 0 Å². The quantitative estimate of drug-likeness (QED) is 0.668. The predicted molar refractivity (Wildman–Crippen MR) is 68.0 cm³/mol. The second kappa shape index (κ2) is 5.50. The Morgan fingerprint density at radius 3 is 2.40 bits per heavy atom. The van der Waals surface area contributed by atoms with Gasteiger partial charge in [0.1, 0.15) is 0 Å². The largest absolute Gasteiger partial charge is 0.300 e. The summed E-state index contributed by atoms with van der Waals surface area (Å²) in [5.41, 5.74) is 2.83. The van der Waals surface area contributed by atoms with Gasteiger partial charge in [-0.1, -0.05) is 32.1 Å². The summed E-state index contributed by atoms with van der Waals surface area (Å²) >= 11 is 0. The molecule has 1 nitrogen and oxygen atoms in total. The topological polar surface area (TPSA) is 3.24 Å². The maximum atomic E-state index is 4.22. The van der Waals surface area contributed by atoms with Gasteiger partial charge in [0.25, 0.3) is 0 Å². The monoisotopic (exact) mass is 207 g/mol. The molecule has 0 atom stereocenters. The molecule has 1 heteroatoms. The Bertz CT molecular complexity index is 248.